The van der Waals surface area contributed by atoms with Crippen LogP contribution in [0.3, 0.4) is 0 Å². The molecule has 0 spiro atoms. The van der Waals surface area contributed by atoms with Gasteiger partial charge in [0.25, 0.3) is 0 Å². The number of hydrogen-bond acceptors (Lipinski definition) is 5. The van der Waals surface area contributed by atoms with E-state index in [1.165, 1.54) is 44.6 Å². The summed E-state index contributed by atoms with van der Waals surface area (Å²) in [6.07, 6.45) is 0. The molecule has 9 heteroatoms. The molecule has 0 saturated carbocycles. The van der Waals surface area contributed by atoms with Gasteiger partial charge in [0.1, 0.15) is 11.7 Å². The molecule has 146 valence electrons. The van der Waals surface area contributed by atoms with Crippen LogP contribution in [0.15, 0.2) is 42.5 Å². The van der Waals surface area contributed by atoms with Crippen LogP contribution in [-0.2, 0) is 9.59 Å². The van der Waals surface area contributed by atoms with Crippen LogP contribution >= 0.6 is 0 Å². The second-order valence-corrected chi connectivity index (χ2v) is 5.95. The summed E-state index contributed by atoms with van der Waals surface area (Å²) in [5.74, 6) is -2.29. The number of imide groups is 1. The molecule has 8 nitrogen and oxygen atoms in total. The van der Waals surface area contributed by atoms with Crippen LogP contribution < -0.4 is 25.0 Å². The number of ether oxygens (including phenoxy) is 2. The number of nitrogens with one attached hydrogen (secondary N) is 2. The number of carbonyl (C=O) groups is 3. The molecule has 0 aliphatic carbocycles. The summed E-state index contributed by atoms with van der Waals surface area (Å²) in [6.45, 7) is -0.164. The molecule has 1 aliphatic rings. The minimum Gasteiger partial charge on any atom is -0.493 e. The van der Waals surface area contributed by atoms with Crippen LogP contribution in [0.1, 0.15) is 0 Å². The molecule has 2 aromatic rings. The van der Waals surface area contributed by atoms with Gasteiger partial charge in [-0.15, -0.1) is 0 Å². The number of methoxy groups -OCH3 is 2. The van der Waals surface area contributed by atoms with E-state index in [9.17, 15) is 18.8 Å². The Hall–Kier alpha value is -3.62. The average Bonchev–Trinajstić information content (AvgIpc) is 2.67. The molecule has 1 fully saturated rings. The van der Waals surface area contributed by atoms with Gasteiger partial charge in [0, 0.05) is 18.3 Å². The van der Waals surface area contributed by atoms with Crippen molar-refractivity contribution in [2.24, 2.45) is 5.92 Å². The maximum Gasteiger partial charge on any atom is 0.328 e. The highest BCUT2D eigenvalue weighted by Crippen LogP contribution is 2.32. The normalized spacial score (nSPS) is 16.4. The number of anilines is 2. The molecule has 2 N–H and O–H groups in total. The molecule has 0 bridgehead atoms. The Morgan fingerprint density at radius 2 is 1.89 bits per heavy atom. The Kier molecular flexibility index (Phi) is 5.44. The van der Waals surface area contributed by atoms with E-state index in [2.05, 4.69) is 10.6 Å². The number of urea groups is 1. The van der Waals surface area contributed by atoms with E-state index >= 15 is 0 Å². The van der Waals surface area contributed by atoms with Crippen LogP contribution in [-0.4, -0.2) is 38.6 Å². The Bertz CT molecular complexity index is 934. The summed E-state index contributed by atoms with van der Waals surface area (Å²) in [5, 5.41) is 5.00. The molecule has 4 amide bonds. The van der Waals surface area contributed by atoms with Crippen molar-refractivity contribution < 1.29 is 28.2 Å². The lowest BCUT2D eigenvalue weighted by atomic mass is 10.0. The van der Waals surface area contributed by atoms with Gasteiger partial charge in [0.05, 0.1) is 19.9 Å². The molecule has 28 heavy (non-hydrogen) atoms. The molecule has 2 aromatic carbocycles. The number of carbonyl (C=O) groups excluding carboxylic acids is 3. The number of hydrogen-bond donors (Lipinski definition) is 2. The van der Waals surface area contributed by atoms with Gasteiger partial charge in [-0.3, -0.25) is 9.59 Å². The van der Waals surface area contributed by atoms with Gasteiger partial charge in [-0.2, -0.15) is 0 Å². The van der Waals surface area contributed by atoms with Crippen molar-refractivity contribution in [3.8, 4) is 11.5 Å². The number of rotatable bonds is 5. The SMILES string of the molecule is COc1ccc(N2C(=O)NCC(C(=O)Nc3cccc(F)c3)C2=O)cc1OC. The van der Waals surface area contributed by atoms with Crippen LogP contribution in [0.25, 0.3) is 0 Å². The molecule has 1 heterocycles. The van der Waals surface area contributed by atoms with Gasteiger partial charge in [0.15, 0.2) is 11.5 Å². The summed E-state index contributed by atoms with van der Waals surface area (Å²) in [7, 11) is 2.89. The number of amides is 4. The van der Waals surface area contributed by atoms with E-state index in [-0.39, 0.29) is 17.9 Å². The van der Waals surface area contributed by atoms with Gasteiger partial charge < -0.3 is 20.1 Å². The Morgan fingerprint density at radius 1 is 1.14 bits per heavy atom. The Labute approximate surface area is 160 Å². The summed E-state index contributed by atoms with van der Waals surface area (Å²) >= 11 is 0. The second kappa shape index (κ2) is 7.95. The van der Waals surface area contributed by atoms with Crippen LogP contribution in [0.2, 0.25) is 0 Å². The highest BCUT2D eigenvalue weighted by atomic mass is 19.1. The molecule has 1 atom stereocenters. The first-order valence-electron chi connectivity index (χ1n) is 8.35. The third-order valence-electron chi connectivity index (χ3n) is 4.21. The van der Waals surface area contributed by atoms with Crippen molar-refractivity contribution in [3.63, 3.8) is 0 Å². The van der Waals surface area contributed by atoms with E-state index in [1.807, 2.05) is 0 Å². The summed E-state index contributed by atoms with van der Waals surface area (Å²) in [4.78, 5) is 38.5. The lowest BCUT2D eigenvalue weighted by Crippen LogP contribution is -2.58. The van der Waals surface area contributed by atoms with Gasteiger partial charge in [-0.05, 0) is 30.3 Å². The van der Waals surface area contributed by atoms with Gasteiger partial charge in [0.2, 0.25) is 11.8 Å². The number of halogens is 1. The van der Waals surface area contributed by atoms with Crippen molar-refractivity contribution >= 4 is 29.2 Å². The van der Waals surface area contributed by atoms with Crippen molar-refractivity contribution in [2.45, 2.75) is 0 Å². The zero-order chi connectivity index (χ0) is 20.3. The predicted molar refractivity (Wildman–Crippen MR) is 99.0 cm³/mol. The smallest absolute Gasteiger partial charge is 0.328 e. The third kappa shape index (κ3) is 3.73. The van der Waals surface area contributed by atoms with Crippen LogP contribution in [0.5, 0.6) is 11.5 Å². The summed E-state index contributed by atoms with van der Waals surface area (Å²) in [5.41, 5.74) is 0.441. The van der Waals surface area contributed by atoms with E-state index in [1.54, 1.807) is 6.07 Å². The minimum absolute atomic E-state index is 0.164. The summed E-state index contributed by atoms with van der Waals surface area (Å²) in [6, 6.07) is 9.16. The quantitative estimate of drug-likeness (QED) is 0.767. The molecule has 1 unspecified atom stereocenters. The molecular formula is C19H18FN3O5. The van der Waals surface area contributed by atoms with E-state index < -0.39 is 29.6 Å². The van der Waals surface area contributed by atoms with Crippen molar-refractivity contribution in [1.82, 2.24) is 5.32 Å². The highest BCUT2D eigenvalue weighted by Gasteiger charge is 2.39. The Morgan fingerprint density at radius 3 is 2.57 bits per heavy atom. The molecule has 1 saturated heterocycles. The molecule has 3 rings (SSSR count). The van der Waals surface area contributed by atoms with Crippen LogP contribution in [0.4, 0.5) is 20.6 Å². The van der Waals surface area contributed by atoms with Gasteiger partial charge in [-0.1, -0.05) is 6.07 Å². The fraction of sp³-hybridized carbons (Fsp3) is 0.211. The van der Waals surface area contributed by atoms with Crippen molar-refractivity contribution in [2.75, 3.05) is 31.0 Å². The predicted octanol–water partition coefficient (Wildman–Crippen LogP) is 2.15. The maximum absolute atomic E-state index is 13.3. The minimum atomic E-state index is -1.17. The summed E-state index contributed by atoms with van der Waals surface area (Å²) < 4.78 is 23.6. The van der Waals surface area contributed by atoms with Gasteiger partial charge in [-0.25, -0.2) is 14.1 Å². The first kappa shape index (κ1) is 19.2. The van der Waals surface area contributed by atoms with Crippen molar-refractivity contribution in [1.29, 1.82) is 0 Å². The molecular weight excluding hydrogens is 369 g/mol. The van der Waals surface area contributed by atoms with Crippen molar-refractivity contribution in [3.05, 3.63) is 48.3 Å². The Balaban J connectivity index is 1.84. The molecule has 0 aromatic heterocycles. The zero-order valence-electron chi connectivity index (χ0n) is 15.2. The highest BCUT2D eigenvalue weighted by molar-refractivity contribution is 6.23. The second-order valence-electron chi connectivity index (χ2n) is 5.95. The fourth-order valence-corrected chi connectivity index (χ4v) is 2.82. The lowest BCUT2D eigenvalue weighted by Gasteiger charge is -2.31. The van der Waals surface area contributed by atoms with E-state index in [4.69, 9.17) is 9.47 Å². The average molecular weight is 387 g/mol. The van der Waals surface area contributed by atoms with Crippen LogP contribution in [0, 0.1) is 11.7 Å². The van der Waals surface area contributed by atoms with Gasteiger partial charge >= 0.3 is 6.03 Å². The number of nitrogens with zero attached hydrogens (tertiary/aromatic N) is 1. The fourth-order valence-electron chi connectivity index (χ4n) is 2.82. The third-order valence-corrected chi connectivity index (χ3v) is 4.21. The first-order valence-corrected chi connectivity index (χ1v) is 8.35. The molecule has 1 aliphatic heterocycles. The largest absolute Gasteiger partial charge is 0.493 e. The number of benzene rings is 2. The maximum atomic E-state index is 13.3. The monoisotopic (exact) mass is 387 g/mol. The standard InChI is InChI=1S/C19H18FN3O5/c1-27-15-7-6-13(9-16(15)28-2)23-18(25)14(10-21-19(23)26)17(24)22-12-5-3-4-11(20)8-12/h3-9,14H,10H2,1-2H3,(H,21,26)(H,22,24). The topological polar surface area (TPSA) is 97.0 Å². The first-order chi connectivity index (χ1) is 13.4. The van der Waals surface area contributed by atoms with E-state index in [0.717, 1.165) is 11.0 Å². The lowest BCUT2D eigenvalue weighted by molar-refractivity contribution is -0.130. The molecule has 0 radical (unpaired) electrons. The zero-order valence-corrected chi connectivity index (χ0v) is 15.2. The van der Waals surface area contributed by atoms with E-state index in [0.29, 0.717) is 11.5 Å².